The van der Waals surface area contributed by atoms with Crippen LogP contribution in [0, 0.1) is 5.92 Å². The Morgan fingerprint density at radius 1 is 1.00 bits per heavy atom. The smallest absolute Gasteiger partial charge is 0.251 e. The molecule has 1 heterocycles. The minimum atomic E-state index is -0.109. The van der Waals surface area contributed by atoms with Gasteiger partial charge in [-0.05, 0) is 65.4 Å². The van der Waals surface area contributed by atoms with E-state index in [9.17, 15) is 4.79 Å². The van der Waals surface area contributed by atoms with Crippen molar-refractivity contribution in [3.8, 4) is 11.5 Å². The number of rotatable bonds is 7. The fraction of sp³-hybridized carbons (Fsp3) is 0.406. The van der Waals surface area contributed by atoms with Gasteiger partial charge in [-0.25, -0.2) is 0 Å². The van der Waals surface area contributed by atoms with Crippen LogP contribution < -0.4 is 14.8 Å². The van der Waals surface area contributed by atoms with E-state index in [2.05, 4.69) is 48.3 Å². The number of fused-ring (bicyclic) bond motifs is 3. The van der Waals surface area contributed by atoms with Crippen molar-refractivity contribution in [1.29, 1.82) is 0 Å². The molecule has 1 aliphatic rings. The molecule has 3 aromatic carbocycles. The second kappa shape index (κ2) is 14.0. The molecule has 202 valence electrons. The van der Waals surface area contributed by atoms with Crippen molar-refractivity contribution in [3.05, 3.63) is 94.5 Å². The van der Waals surface area contributed by atoms with Crippen molar-refractivity contribution in [3.63, 3.8) is 0 Å². The van der Waals surface area contributed by atoms with E-state index in [0.29, 0.717) is 50.9 Å². The lowest BCUT2D eigenvalue weighted by molar-refractivity contribution is 0.0746. The maximum atomic E-state index is 13.0. The molecule has 38 heavy (non-hydrogen) atoms. The summed E-state index contributed by atoms with van der Waals surface area (Å²) >= 11 is 0. The molecule has 0 saturated heterocycles. The minimum absolute atomic E-state index is 0.109. The SMILES string of the molecule is CCOc1ccc(CNC(=O)c2ccc3c(c2)Cc2cccc(c2)CN(CC(C)C)CCOCCO3)cc1. The number of nitrogens with zero attached hydrogens (tertiary/aromatic N) is 1. The van der Waals surface area contributed by atoms with Crippen LogP contribution in [-0.4, -0.2) is 50.3 Å². The first kappa shape index (κ1) is 27.7. The minimum Gasteiger partial charge on any atom is -0.494 e. The third-order valence-electron chi connectivity index (χ3n) is 6.46. The Balaban J connectivity index is 1.50. The van der Waals surface area contributed by atoms with Crippen LogP contribution in [0.15, 0.2) is 66.7 Å². The topological polar surface area (TPSA) is 60.0 Å². The lowest BCUT2D eigenvalue weighted by Gasteiger charge is -2.25. The summed E-state index contributed by atoms with van der Waals surface area (Å²) in [4.78, 5) is 15.5. The maximum Gasteiger partial charge on any atom is 0.251 e. The monoisotopic (exact) mass is 516 g/mol. The number of amides is 1. The molecule has 0 unspecified atom stereocenters. The van der Waals surface area contributed by atoms with E-state index in [1.165, 1.54) is 11.1 Å². The maximum absolute atomic E-state index is 13.0. The Morgan fingerprint density at radius 3 is 2.61 bits per heavy atom. The van der Waals surface area contributed by atoms with Gasteiger partial charge in [0.2, 0.25) is 0 Å². The molecule has 4 rings (SSSR count). The molecule has 6 nitrogen and oxygen atoms in total. The van der Waals surface area contributed by atoms with E-state index in [-0.39, 0.29) is 5.91 Å². The molecule has 0 radical (unpaired) electrons. The third-order valence-corrected chi connectivity index (χ3v) is 6.46. The predicted octanol–water partition coefficient (Wildman–Crippen LogP) is 5.47. The van der Waals surface area contributed by atoms with Crippen molar-refractivity contribution in [2.75, 3.05) is 39.5 Å². The largest absolute Gasteiger partial charge is 0.494 e. The number of carbonyl (C=O) groups is 1. The fourth-order valence-corrected chi connectivity index (χ4v) is 4.73. The molecule has 0 atom stereocenters. The summed E-state index contributed by atoms with van der Waals surface area (Å²) in [5, 5.41) is 3.04. The summed E-state index contributed by atoms with van der Waals surface area (Å²) in [5.74, 6) is 2.10. The highest BCUT2D eigenvalue weighted by Gasteiger charge is 2.14. The number of ether oxygens (including phenoxy) is 3. The van der Waals surface area contributed by atoms with Crippen LogP contribution in [0.5, 0.6) is 11.5 Å². The highest BCUT2D eigenvalue weighted by atomic mass is 16.5. The van der Waals surface area contributed by atoms with Gasteiger partial charge in [0.15, 0.2) is 0 Å². The molecule has 1 amide bonds. The van der Waals surface area contributed by atoms with Crippen molar-refractivity contribution in [2.24, 2.45) is 5.92 Å². The van der Waals surface area contributed by atoms with Gasteiger partial charge < -0.3 is 19.5 Å². The van der Waals surface area contributed by atoms with Gasteiger partial charge in [-0.15, -0.1) is 0 Å². The second-order valence-electron chi connectivity index (χ2n) is 10.2. The number of carbonyl (C=O) groups excluding carboxylic acids is 1. The van der Waals surface area contributed by atoms with E-state index < -0.39 is 0 Å². The standard InChI is InChI=1S/C32H40N2O4/c1-4-37-30-11-8-25(9-12-30)21-33-32(35)28-10-13-31-29(20-28)19-26-6-5-7-27(18-26)23-34(22-24(2)3)14-15-36-16-17-38-31/h5-13,18,20,24H,4,14-17,19,21-23H2,1-3H3,(H,33,35). The normalized spacial score (nSPS) is 14.7. The lowest BCUT2D eigenvalue weighted by Crippen LogP contribution is -2.31. The van der Waals surface area contributed by atoms with Crippen LogP contribution in [0.2, 0.25) is 0 Å². The zero-order valence-electron chi connectivity index (χ0n) is 22.9. The highest BCUT2D eigenvalue weighted by molar-refractivity contribution is 5.94. The predicted molar refractivity (Wildman–Crippen MR) is 151 cm³/mol. The van der Waals surface area contributed by atoms with Gasteiger partial charge in [0.25, 0.3) is 5.91 Å². The Labute approximate surface area is 226 Å². The van der Waals surface area contributed by atoms with Gasteiger partial charge in [-0.1, -0.05) is 50.2 Å². The van der Waals surface area contributed by atoms with E-state index in [1.807, 2.05) is 49.4 Å². The van der Waals surface area contributed by atoms with E-state index in [4.69, 9.17) is 14.2 Å². The zero-order chi connectivity index (χ0) is 26.7. The molecule has 3 aromatic rings. The first-order valence-electron chi connectivity index (χ1n) is 13.6. The number of benzene rings is 3. The quantitative estimate of drug-likeness (QED) is 0.451. The molecule has 0 aromatic heterocycles. The Kier molecular flexibility index (Phi) is 10.2. The lowest BCUT2D eigenvalue weighted by atomic mass is 9.99. The zero-order valence-corrected chi connectivity index (χ0v) is 22.9. The molecule has 0 saturated carbocycles. The molecule has 1 aliphatic heterocycles. The van der Waals surface area contributed by atoms with Crippen LogP contribution in [0.1, 0.15) is 53.4 Å². The number of hydrogen-bond acceptors (Lipinski definition) is 5. The highest BCUT2D eigenvalue weighted by Crippen LogP contribution is 2.25. The summed E-state index contributed by atoms with van der Waals surface area (Å²) < 4.78 is 17.5. The van der Waals surface area contributed by atoms with Crippen molar-refractivity contribution in [1.82, 2.24) is 10.2 Å². The van der Waals surface area contributed by atoms with Crippen LogP contribution in [0.3, 0.4) is 0 Å². The van der Waals surface area contributed by atoms with Gasteiger partial charge in [0.1, 0.15) is 18.1 Å². The van der Waals surface area contributed by atoms with Crippen molar-refractivity contribution in [2.45, 2.75) is 40.3 Å². The Morgan fingerprint density at radius 2 is 1.82 bits per heavy atom. The third kappa shape index (κ3) is 8.33. The van der Waals surface area contributed by atoms with Crippen LogP contribution in [0.25, 0.3) is 0 Å². The van der Waals surface area contributed by atoms with Gasteiger partial charge >= 0.3 is 0 Å². The van der Waals surface area contributed by atoms with Crippen LogP contribution >= 0.6 is 0 Å². The van der Waals surface area contributed by atoms with E-state index in [0.717, 1.165) is 42.3 Å². The summed E-state index contributed by atoms with van der Waals surface area (Å²) in [6, 6.07) is 22.2. The summed E-state index contributed by atoms with van der Waals surface area (Å²) in [6.45, 7) is 12.0. The molecule has 0 aliphatic carbocycles. The van der Waals surface area contributed by atoms with Gasteiger partial charge in [-0.3, -0.25) is 9.69 Å². The molecule has 6 heteroatoms. The van der Waals surface area contributed by atoms with E-state index >= 15 is 0 Å². The van der Waals surface area contributed by atoms with Gasteiger partial charge in [0, 0.05) is 38.2 Å². The van der Waals surface area contributed by atoms with Gasteiger partial charge in [0.05, 0.1) is 19.8 Å². The summed E-state index contributed by atoms with van der Waals surface area (Å²) in [6.07, 6.45) is 0.689. The van der Waals surface area contributed by atoms with Crippen LogP contribution in [-0.2, 0) is 24.2 Å². The average Bonchev–Trinajstić information content (AvgIpc) is 2.90. The average molecular weight is 517 g/mol. The van der Waals surface area contributed by atoms with Crippen LogP contribution in [0.4, 0.5) is 0 Å². The fourth-order valence-electron chi connectivity index (χ4n) is 4.73. The molecular weight excluding hydrogens is 476 g/mol. The summed E-state index contributed by atoms with van der Waals surface area (Å²) in [5.41, 5.74) is 5.12. The second-order valence-corrected chi connectivity index (χ2v) is 10.2. The van der Waals surface area contributed by atoms with Crippen molar-refractivity contribution >= 4 is 5.91 Å². The molecule has 1 N–H and O–H groups in total. The number of nitrogens with one attached hydrogen (secondary N) is 1. The Hall–Kier alpha value is -3.35. The van der Waals surface area contributed by atoms with E-state index in [1.54, 1.807) is 0 Å². The Bertz CT molecular complexity index is 1180. The van der Waals surface area contributed by atoms with Crippen molar-refractivity contribution < 1.29 is 19.0 Å². The number of hydrogen-bond donors (Lipinski definition) is 1. The first-order valence-corrected chi connectivity index (χ1v) is 13.6. The molecule has 0 spiro atoms. The van der Waals surface area contributed by atoms with Gasteiger partial charge in [-0.2, -0.15) is 0 Å². The molecule has 2 bridgehead atoms. The first-order chi connectivity index (χ1) is 18.5. The summed E-state index contributed by atoms with van der Waals surface area (Å²) in [7, 11) is 0. The molecule has 0 fully saturated rings. The molecular formula is C32H40N2O4.